The maximum Gasteiger partial charge on any atom is 0.323 e. The molecule has 0 fully saturated rings. The summed E-state index contributed by atoms with van der Waals surface area (Å²) in [6, 6.07) is 0. The third-order valence-electron chi connectivity index (χ3n) is 1.82. The van der Waals surface area contributed by atoms with E-state index < -0.39 is 5.97 Å². The average Bonchev–Trinajstić information content (AvgIpc) is 2.49. The number of aromatic nitrogens is 1. The summed E-state index contributed by atoms with van der Waals surface area (Å²) in [5.41, 5.74) is 1.11. The van der Waals surface area contributed by atoms with Crippen LogP contribution in [0.3, 0.4) is 0 Å². The van der Waals surface area contributed by atoms with Crippen LogP contribution in [-0.2, 0) is 11.3 Å². The lowest BCUT2D eigenvalue weighted by atomic mass is 10.2. The van der Waals surface area contributed by atoms with Gasteiger partial charge in [-0.1, -0.05) is 0 Å². The van der Waals surface area contributed by atoms with E-state index in [2.05, 4.69) is 4.37 Å². The fourth-order valence-electron chi connectivity index (χ4n) is 1.25. The molecule has 0 unspecified atom stereocenters. The van der Waals surface area contributed by atoms with Gasteiger partial charge in [0.1, 0.15) is 6.54 Å². The molecule has 0 aromatic carbocycles. The molecule has 0 aliphatic carbocycles. The molecule has 4 nitrogen and oxygen atoms in total. The van der Waals surface area contributed by atoms with E-state index in [1.165, 1.54) is 11.5 Å². The molecule has 1 N–H and O–H groups in total. The summed E-state index contributed by atoms with van der Waals surface area (Å²) in [6.45, 7) is 0.695. The number of hydrogen-bond acceptors (Lipinski definition) is 4. The summed E-state index contributed by atoms with van der Waals surface area (Å²) in [5, 5.41) is 8.58. The van der Waals surface area contributed by atoms with Crippen molar-refractivity contribution in [1.29, 1.82) is 0 Å². The number of carbonyl (C=O) groups is 1. The van der Waals surface area contributed by atoms with Crippen molar-refractivity contribution in [3.8, 4) is 0 Å². The number of hydrogen-bond donors (Lipinski definition) is 1. The first-order valence-corrected chi connectivity index (χ1v) is 4.60. The molecule has 13 heavy (non-hydrogen) atoms. The number of rotatable bonds is 2. The molecule has 0 spiro atoms. The van der Waals surface area contributed by atoms with Crippen molar-refractivity contribution in [2.75, 3.05) is 6.54 Å². The lowest BCUT2D eigenvalue weighted by molar-refractivity contribution is -0.137. The molecule has 0 saturated carbocycles. The van der Waals surface area contributed by atoms with Crippen molar-refractivity contribution >= 4 is 23.6 Å². The summed E-state index contributed by atoms with van der Waals surface area (Å²) < 4.78 is 4.03. The van der Waals surface area contributed by atoms with Gasteiger partial charge in [0.15, 0.2) is 0 Å². The van der Waals surface area contributed by atoms with Gasteiger partial charge >= 0.3 is 5.97 Å². The Labute approximate surface area is 79.3 Å². The highest BCUT2D eigenvalue weighted by Crippen LogP contribution is 2.21. The molecule has 0 atom stereocenters. The van der Waals surface area contributed by atoms with Crippen LogP contribution in [0.15, 0.2) is 12.4 Å². The Morgan fingerprint density at radius 1 is 1.77 bits per heavy atom. The van der Waals surface area contributed by atoms with Gasteiger partial charge in [-0.3, -0.25) is 4.79 Å². The van der Waals surface area contributed by atoms with Crippen LogP contribution in [0, 0.1) is 0 Å². The van der Waals surface area contributed by atoms with Crippen LogP contribution >= 0.6 is 11.5 Å². The molecule has 5 heteroatoms. The van der Waals surface area contributed by atoms with Crippen molar-refractivity contribution in [3.05, 3.63) is 22.8 Å². The number of carboxylic acid groups (broad SMARTS) is 1. The highest BCUT2D eigenvalue weighted by atomic mass is 32.1. The van der Waals surface area contributed by atoms with E-state index in [4.69, 9.17) is 5.11 Å². The standard InChI is InChI=1S/C8H8N2O2S/c11-8(12)5-10-2-1-7-6(4-10)3-9-13-7/h1-3H,4-5H2,(H,11,12). The molecule has 0 radical (unpaired) electrons. The van der Waals surface area contributed by atoms with Crippen molar-refractivity contribution in [2.24, 2.45) is 0 Å². The van der Waals surface area contributed by atoms with Gasteiger partial charge in [-0.2, -0.15) is 0 Å². The lowest BCUT2D eigenvalue weighted by Crippen LogP contribution is -2.25. The molecule has 1 aliphatic heterocycles. The summed E-state index contributed by atoms with van der Waals surface area (Å²) in [7, 11) is 0. The minimum atomic E-state index is -0.809. The van der Waals surface area contributed by atoms with Crippen molar-refractivity contribution in [2.45, 2.75) is 6.54 Å². The first-order valence-electron chi connectivity index (χ1n) is 3.83. The summed E-state index contributed by atoms with van der Waals surface area (Å²) >= 11 is 1.44. The minimum Gasteiger partial charge on any atom is -0.480 e. The summed E-state index contributed by atoms with van der Waals surface area (Å²) in [4.78, 5) is 13.3. The second-order valence-corrected chi connectivity index (χ2v) is 3.66. The molecule has 68 valence electrons. The van der Waals surface area contributed by atoms with E-state index in [0.717, 1.165) is 10.4 Å². The predicted octanol–water partition coefficient (Wildman–Crippen LogP) is 1.01. The van der Waals surface area contributed by atoms with Crippen molar-refractivity contribution < 1.29 is 9.90 Å². The molecule has 1 aromatic heterocycles. The first kappa shape index (κ1) is 8.25. The molecule has 2 heterocycles. The van der Waals surface area contributed by atoms with Gasteiger partial charge in [-0.25, -0.2) is 4.37 Å². The van der Waals surface area contributed by atoms with Gasteiger partial charge in [0.05, 0.1) is 4.88 Å². The van der Waals surface area contributed by atoms with Crippen LogP contribution < -0.4 is 0 Å². The van der Waals surface area contributed by atoms with Crippen molar-refractivity contribution in [1.82, 2.24) is 9.27 Å². The Kier molecular flexibility index (Phi) is 2.02. The number of aliphatic carboxylic acids is 1. The molecule has 0 bridgehead atoms. The van der Waals surface area contributed by atoms with Gasteiger partial charge in [0.25, 0.3) is 0 Å². The lowest BCUT2D eigenvalue weighted by Gasteiger charge is -2.20. The fraction of sp³-hybridized carbons (Fsp3) is 0.250. The topological polar surface area (TPSA) is 53.4 Å². The van der Waals surface area contributed by atoms with E-state index in [-0.39, 0.29) is 6.54 Å². The highest BCUT2D eigenvalue weighted by molar-refractivity contribution is 7.06. The zero-order valence-electron chi connectivity index (χ0n) is 6.80. The Hall–Kier alpha value is -1.36. The summed E-state index contributed by atoms with van der Waals surface area (Å²) in [5.74, 6) is -0.809. The SMILES string of the molecule is O=C(O)CN1C=Cc2sncc2C1. The normalized spacial score (nSPS) is 14.3. The van der Waals surface area contributed by atoms with E-state index >= 15 is 0 Å². The quantitative estimate of drug-likeness (QED) is 0.767. The zero-order chi connectivity index (χ0) is 9.26. The molecular weight excluding hydrogens is 188 g/mol. The molecular formula is C8H8N2O2S. The van der Waals surface area contributed by atoms with E-state index in [1.54, 1.807) is 17.3 Å². The molecule has 1 aromatic rings. The predicted molar refractivity (Wildman–Crippen MR) is 49.2 cm³/mol. The first-order chi connectivity index (χ1) is 6.25. The van der Waals surface area contributed by atoms with Crippen LogP contribution in [0.2, 0.25) is 0 Å². The van der Waals surface area contributed by atoms with Crippen LogP contribution in [0.4, 0.5) is 0 Å². The Bertz CT molecular complexity index is 359. The Morgan fingerprint density at radius 3 is 3.38 bits per heavy atom. The largest absolute Gasteiger partial charge is 0.480 e. The second kappa shape index (κ2) is 3.18. The molecule has 1 aliphatic rings. The maximum atomic E-state index is 10.4. The number of carboxylic acids is 1. The van der Waals surface area contributed by atoms with Gasteiger partial charge < -0.3 is 10.0 Å². The van der Waals surface area contributed by atoms with Crippen LogP contribution in [0.1, 0.15) is 10.4 Å². The molecule has 0 amide bonds. The van der Waals surface area contributed by atoms with E-state index in [0.29, 0.717) is 6.54 Å². The minimum absolute atomic E-state index is 0.0474. The highest BCUT2D eigenvalue weighted by Gasteiger charge is 2.13. The van der Waals surface area contributed by atoms with E-state index in [1.807, 2.05) is 6.08 Å². The van der Waals surface area contributed by atoms with Gasteiger partial charge in [-0.15, -0.1) is 0 Å². The third kappa shape index (κ3) is 1.70. The Morgan fingerprint density at radius 2 is 2.62 bits per heavy atom. The number of nitrogens with zero attached hydrogens (tertiary/aromatic N) is 2. The smallest absolute Gasteiger partial charge is 0.323 e. The van der Waals surface area contributed by atoms with Gasteiger partial charge in [0, 0.05) is 24.5 Å². The molecule has 0 saturated heterocycles. The monoisotopic (exact) mass is 196 g/mol. The van der Waals surface area contributed by atoms with E-state index in [9.17, 15) is 4.79 Å². The van der Waals surface area contributed by atoms with Crippen LogP contribution in [-0.4, -0.2) is 26.9 Å². The van der Waals surface area contributed by atoms with Gasteiger partial charge in [0.2, 0.25) is 0 Å². The van der Waals surface area contributed by atoms with Gasteiger partial charge in [-0.05, 0) is 17.6 Å². The average molecular weight is 196 g/mol. The maximum absolute atomic E-state index is 10.4. The van der Waals surface area contributed by atoms with Crippen LogP contribution in [0.25, 0.3) is 6.08 Å². The zero-order valence-corrected chi connectivity index (χ0v) is 7.62. The van der Waals surface area contributed by atoms with Crippen LogP contribution in [0.5, 0.6) is 0 Å². The fourth-order valence-corrected chi connectivity index (χ4v) is 1.90. The second-order valence-electron chi connectivity index (χ2n) is 2.83. The molecule has 2 rings (SSSR count). The number of fused-ring (bicyclic) bond motifs is 1. The van der Waals surface area contributed by atoms with Crippen molar-refractivity contribution in [3.63, 3.8) is 0 Å². The third-order valence-corrected chi connectivity index (χ3v) is 2.63. The summed E-state index contributed by atoms with van der Waals surface area (Å²) in [6.07, 6.45) is 5.49. The Balaban J connectivity index is 2.12.